The van der Waals surface area contributed by atoms with Gasteiger partial charge in [-0.2, -0.15) is 0 Å². The number of benzene rings is 1. The lowest BCUT2D eigenvalue weighted by Crippen LogP contribution is -2.44. The Labute approximate surface area is 250 Å². The molecule has 0 radical (unpaired) electrons. The van der Waals surface area contributed by atoms with Gasteiger partial charge in [-0.3, -0.25) is 19.1 Å². The number of carbonyl (C=O) groups excluding carboxylic acids is 1. The number of hydrogen-bond donors (Lipinski definition) is 1. The number of nitrogens with zero attached hydrogens (tertiary/aromatic N) is 6. The second-order valence-corrected chi connectivity index (χ2v) is 12.1. The zero-order valence-corrected chi connectivity index (χ0v) is 24.8. The summed E-state index contributed by atoms with van der Waals surface area (Å²) in [5.41, 5.74) is 1.61. The van der Waals surface area contributed by atoms with Crippen LogP contribution in [-0.4, -0.2) is 52.9 Å². The topological polar surface area (TPSA) is 119 Å². The Morgan fingerprint density at radius 3 is 2.49 bits per heavy atom. The molecule has 6 rings (SSSR count). The molecule has 1 N–H and O–H groups in total. The van der Waals surface area contributed by atoms with Crippen molar-refractivity contribution >= 4 is 51.7 Å². The highest BCUT2D eigenvalue weighted by Crippen LogP contribution is 2.40. The van der Waals surface area contributed by atoms with Gasteiger partial charge in [0, 0.05) is 36.7 Å². The number of pyridine rings is 1. The van der Waals surface area contributed by atoms with Gasteiger partial charge in [0.2, 0.25) is 0 Å². The quantitative estimate of drug-likeness (QED) is 0.293. The van der Waals surface area contributed by atoms with E-state index in [2.05, 4.69) is 15.3 Å². The molecule has 0 spiro atoms. The molecule has 2 atom stereocenters. The number of halogens is 3. The first kappa shape index (κ1) is 27.9. The predicted octanol–water partition coefficient (Wildman–Crippen LogP) is 5.32. The van der Waals surface area contributed by atoms with Crippen molar-refractivity contribution in [2.24, 2.45) is 0 Å². The van der Waals surface area contributed by atoms with E-state index >= 15 is 0 Å². The van der Waals surface area contributed by atoms with Crippen LogP contribution in [0.4, 0.5) is 0 Å². The summed E-state index contributed by atoms with van der Waals surface area (Å²) in [4.78, 5) is 48.6. The number of likely N-dealkylation sites (tertiary alicyclic amines) is 1. The first-order chi connectivity index (χ1) is 19.7. The highest BCUT2D eigenvalue weighted by molar-refractivity contribution is 6.43. The monoisotopic (exact) mass is 615 g/mol. The number of aromatic nitrogens is 6. The van der Waals surface area contributed by atoms with E-state index < -0.39 is 11.2 Å². The van der Waals surface area contributed by atoms with E-state index in [1.165, 1.54) is 4.57 Å². The molecule has 4 heterocycles. The molecule has 0 bridgehead atoms. The van der Waals surface area contributed by atoms with Crippen LogP contribution in [0.15, 0.2) is 34.0 Å². The number of hydrogen-bond acceptors (Lipinski definition) is 6. The van der Waals surface area contributed by atoms with Crippen LogP contribution in [0.1, 0.15) is 79.5 Å². The molecule has 214 valence electrons. The van der Waals surface area contributed by atoms with Crippen LogP contribution in [0.3, 0.4) is 0 Å². The van der Waals surface area contributed by atoms with E-state index in [1.807, 2.05) is 20.0 Å². The van der Waals surface area contributed by atoms with E-state index in [0.29, 0.717) is 58.7 Å². The van der Waals surface area contributed by atoms with Gasteiger partial charge in [-0.05, 0) is 57.2 Å². The Kier molecular flexibility index (Phi) is 7.42. The fourth-order valence-electron chi connectivity index (χ4n) is 5.65. The summed E-state index contributed by atoms with van der Waals surface area (Å²) in [6.07, 6.45) is 5.79. The Morgan fingerprint density at radius 2 is 1.78 bits per heavy atom. The minimum atomic E-state index is -0.587. The lowest BCUT2D eigenvalue weighted by atomic mass is 9.89. The van der Waals surface area contributed by atoms with Crippen molar-refractivity contribution in [3.8, 4) is 5.69 Å². The van der Waals surface area contributed by atoms with Gasteiger partial charge in [0.1, 0.15) is 0 Å². The molecule has 3 aromatic heterocycles. The van der Waals surface area contributed by atoms with Crippen molar-refractivity contribution in [2.45, 2.75) is 70.4 Å². The van der Waals surface area contributed by atoms with Gasteiger partial charge in [0.05, 0.1) is 43.6 Å². The van der Waals surface area contributed by atoms with Crippen LogP contribution in [0.5, 0.6) is 0 Å². The number of H-pyrrole nitrogens is 1. The van der Waals surface area contributed by atoms with Crippen molar-refractivity contribution in [2.75, 3.05) is 6.54 Å². The van der Waals surface area contributed by atoms with Crippen LogP contribution in [0.2, 0.25) is 15.1 Å². The van der Waals surface area contributed by atoms with E-state index in [0.717, 1.165) is 24.2 Å². The largest absolute Gasteiger partial charge is 0.336 e. The van der Waals surface area contributed by atoms with E-state index in [-0.39, 0.29) is 34.8 Å². The standard InChI is InChI=1S/C28H28Cl3N7O3/c1-3-7-37-25-24(26(39)33-28(37)41)17(10-21(32-25)15-4-5-15)27(40)36-8-6-16(9-14(36)2)22-13-38(35-34-22)23-12-19(30)18(29)11-20(23)31/h10-16H,3-9H2,1-2H3,(H,33,39,41). The summed E-state index contributed by atoms with van der Waals surface area (Å²) < 4.78 is 3.05. The van der Waals surface area contributed by atoms with Crippen molar-refractivity contribution in [3.05, 3.63) is 77.3 Å². The second-order valence-electron chi connectivity index (χ2n) is 10.9. The number of amides is 1. The smallest absolute Gasteiger partial charge is 0.329 e. The molecule has 1 saturated heterocycles. The number of rotatable bonds is 6. The van der Waals surface area contributed by atoms with Gasteiger partial charge in [0.15, 0.2) is 5.65 Å². The van der Waals surface area contributed by atoms with Gasteiger partial charge in [-0.1, -0.05) is 46.9 Å². The number of carbonyl (C=O) groups is 1. The lowest BCUT2D eigenvalue weighted by molar-refractivity contribution is 0.0616. The van der Waals surface area contributed by atoms with Gasteiger partial charge < -0.3 is 4.90 Å². The van der Waals surface area contributed by atoms with E-state index in [9.17, 15) is 14.4 Å². The van der Waals surface area contributed by atoms with Gasteiger partial charge >= 0.3 is 5.69 Å². The molecular formula is C28H28Cl3N7O3. The Morgan fingerprint density at radius 1 is 1.02 bits per heavy atom. The highest BCUT2D eigenvalue weighted by atomic mass is 35.5. The molecular weight excluding hydrogens is 589 g/mol. The normalized spacial score (nSPS) is 19.2. The molecule has 1 aromatic carbocycles. The number of fused-ring (bicyclic) bond motifs is 1. The molecule has 1 amide bonds. The molecule has 2 unspecified atom stereocenters. The third-order valence-corrected chi connectivity index (χ3v) is 8.97. The first-order valence-electron chi connectivity index (χ1n) is 13.7. The fraction of sp³-hybridized carbons (Fsp3) is 0.429. The number of nitrogens with one attached hydrogen (secondary N) is 1. The van der Waals surface area contributed by atoms with Crippen LogP contribution in [0, 0.1) is 0 Å². The van der Waals surface area contributed by atoms with Gasteiger partial charge in [0.25, 0.3) is 11.5 Å². The maximum Gasteiger partial charge on any atom is 0.329 e. The highest BCUT2D eigenvalue weighted by Gasteiger charge is 2.34. The molecule has 4 aromatic rings. The molecule has 13 heteroatoms. The molecule has 2 fully saturated rings. The maximum absolute atomic E-state index is 14.0. The minimum absolute atomic E-state index is 0.0682. The van der Waals surface area contributed by atoms with Crippen LogP contribution in [-0.2, 0) is 6.54 Å². The summed E-state index contributed by atoms with van der Waals surface area (Å²) in [6, 6.07) is 4.83. The van der Waals surface area contributed by atoms with Crippen molar-refractivity contribution in [1.29, 1.82) is 0 Å². The van der Waals surface area contributed by atoms with E-state index in [1.54, 1.807) is 27.8 Å². The third kappa shape index (κ3) is 5.17. The molecule has 1 aliphatic heterocycles. The van der Waals surface area contributed by atoms with Crippen molar-refractivity contribution < 1.29 is 4.79 Å². The zero-order chi connectivity index (χ0) is 29.0. The third-order valence-electron chi connectivity index (χ3n) is 7.94. The number of piperidine rings is 1. The Bertz CT molecular complexity index is 1790. The average Bonchev–Trinajstić information content (AvgIpc) is 3.68. The van der Waals surface area contributed by atoms with Crippen molar-refractivity contribution in [1.82, 2.24) is 34.4 Å². The SMILES string of the molecule is CCCn1c(=O)[nH]c(=O)c2c(C(=O)N3CCC(c4cn(-c5cc(Cl)c(Cl)cc5Cl)nn4)CC3C)cc(C3CC3)nc21. The minimum Gasteiger partial charge on any atom is -0.336 e. The lowest BCUT2D eigenvalue weighted by Gasteiger charge is -2.37. The Hall–Kier alpha value is -3.21. The summed E-state index contributed by atoms with van der Waals surface area (Å²) in [5.74, 6) is 0.0765. The molecule has 41 heavy (non-hydrogen) atoms. The van der Waals surface area contributed by atoms with E-state index in [4.69, 9.17) is 39.8 Å². The Balaban J connectivity index is 1.29. The van der Waals surface area contributed by atoms with Gasteiger partial charge in [-0.15, -0.1) is 5.10 Å². The summed E-state index contributed by atoms with van der Waals surface area (Å²) >= 11 is 18.6. The summed E-state index contributed by atoms with van der Waals surface area (Å²) in [6.45, 7) is 4.81. The van der Waals surface area contributed by atoms with Crippen LogP contribution < -0.4 is 11.2 Å². The fourth-order valence-corrected chi connectivity index (χ4v) is 6.28. The summed E-state index contributed by atoms with van der Waals surface area (Å²) in [5, 5.41) is 9.93. The number of aromatic amines is 1. The predicted molar refractivity (Wildman–Crippen MR) is 158 cm³/mol. The summed E-state index contributed by atoms with van der Waals surface area (Å²) in [7, 11) is 0. The van der Waals surface area contributed by atoms with Crippen LogP contribution >= 0.6 is 34.8 Å². The number of aryl methyl sites for hydroxylation is 1. The second kappa shape index (κ2) is 10.9. The average molecular weight is 617 g/mol. The molecule has 1 aliphatic carbocycles. The van der Waals surface area contributed by atoms with Crippen LogP contribution in [0.25, 0.3) is 16.7 Å². The molecule has 1 saturated carbocycles. The molecule has 2 aliphatic rings. The zero-order valence-electron chi connectivity index (χ0n) is 22.5. The molecule has 10 nitrogen and oxygen atoms in total. The first-order valence-corrected chi connectivity index (χ1v) is 14.9. The van der Waals surface area contributed by atoms with Gasteiger partial charge in [-0.25, -0.2) is 14.5 Å². The maximum atomic E-state index is 14.0. The van der Waals surface area contributed by atoms with Crippen molar-refractivity contribution in [3.63, 3.8) is 0 Å².